The van der Waals surface area contributed by atoms with Crippen LogP contribution in [-0.4, -0.2) is 6.61 Å². The summed E-state index contributed by atoms with van der Waals surface area (Å²) in [4.78, 5) is 0. The molecule has 17 heavy (non-hydrogen) atoms. The molecular formula is C14H22FNO. The molecule has 0 aliphatic rings. The van der Waals surface area contributed by atoms with E-state index in [1.165, 1.54) is 25.0 Å². The molecule has 1 aromatic rings. The number of halogens is 1. The number of hydrogen-bond donors (Lipinski definition) is 1. The first-order chi connectivity index (χ1) is 8.15. The molecule has 1 aromatic carbocycles. The van der Waals surface area contributed by atoms with Crippen LogP contribution in [0.3, 0.4) is 0 Å². The van der Waals surface area contributed by atoms with Crippen LogP contribution in [0.25, 0.3) is 0 Å². The average molecular weight is 239 g/mol. The number of nitrogens with two attached hydrogens (primary N) is 1. The fourth-order valence-electron chi connectivity index (χ4n) is 1.72. The van der Waals surface area contributed by atoms with Crippen molar-refractivity contribution < 1.29 is 9.13 Å². The molecule has 2 nitrogen and oxygen atoms in total. The van der Waals surface area contributed by atoms with Crippen LogP contribution in [0.5, 0.6) is 5.75 Å². The van der Waals surface area contributed by atoms with Gasteiger partial charge in [-0.1, -0.05) is 32.3 Å². The van der Waals surface area contributed by atoms with Gasteiger partial charge in [0.25, 0.3) is 0 Å². The highest BCUT2D eigenvalue weighted by atomic mass is 19.1. The largest absolute Gasteiger partial charge is 0.493 e. The fraction of sp³-hybridized carbons (Fsp3) is 0.571. The van der Waals surface area contributed by atoms with Gasteiger partial charge < -0.3 is 10.5 Å². The zero-order chi connectivity index (χ0) is 12.7. The van der Waals surface area contributed by atoms with Crippen molar-refractivity contribution in [2.45, 2.75) is 45.6 Å². The molecule has 0 fully saturated rings. The lowest BCUT2D eigenvalue weighted by atomic mass is 10.1. The molecule has 0 heterocycles. The van der Waals surface area contributed by atoms with Crippen molar-refractivity contribution in [3.8, 4) is 5.75 Å². The Morgan fingerprint density at radius 3 is 2.71 bits per heavy atom. The van der Waals surface area contributed by atoms with Gasteiger partial charge >= 0.3 is 0 Å². The zero-order valence-electron chi connectivity index (χ0n) is 10.7. The maximum Gasteiger partial charge on any atom is 0.126 e. The van der Waals surface area contributed by atoms with Crippen LogP contribution in [-0.2, 0) is 0 Å². The van der Waals surface area contributed by atoms with Crippen molar-refractivity contribution in [3.63, 3.8) is 0 Å². The number of benzene rings is 1. The summed E-state index contributed by atoms with van der Waals surface area (Å²) in [5.41, 5.74) is 6.68. The number of hydrogen-bond acceptors (Lipinski definition) is 2. The average Bonchev–Trinajstić information content (AvgIpc) is 2.28. The monoisotopic (exact) mass is 239 g/mol. The molecule has 96 valence electrons. The lowest BCUT2D eigenvalue weighted by Crippen LogP contribution is -2.09. The molecule has 0 bridgehead atoms. The molecule has 0 aliphatic carbocycles. The summed E-state index contributed by atoms with van der Waals surface area (Å²) in [7, 11) is 0. The van der Waals surface area contributed by atoms with Crippen LogP contribution >= 0.6 is 0 Å². The molecule has 0 aromatic heterocycles. The summed E-state index contributed by atoms with van der Waals surface area (Å²) in [6.07, 6.45) is 4.57. The summed E-state index contributed by atoms with van der Waals surface area (Å²) < 4.78 is 18.7. The Morgan fingerprint density at radius 1 is 1.29 bits per heavy atom. The normalized spacial score (nSPS) is 12.5. The molecule has 0 saturated carbocycles. The second-order valence-electron chi connectivity index (χ2n) is 4.38. The highest BCUT2D eigenvalue weighted by Crippen LogP contribution is 2.25. The first-order valence-corrected chi connectivity index (χ1v) is 6.33. The number of ether oxygens (including phenoxy) is 1. The molecule has 3 heteroatoms. The van der Waals surface area contributed by atoms with Gasteiger partial charge in [0.1, 0.15) is 11.6 Å². The van der Waals surface area contributed by atoms with Gasteiger partial charge in [-0.05, 0) is 19.4 Å². The van der Waals surface area contributed by atoms with Crippen molar-refractivity contribution in [1.82, 2.24) is 0 Å². The first kappa shape index (κ1) is 14.0. The predicted octanol–water partition coefficient (Wildman–Crippen LogP) is 3.80. The smallest absolute Gasteiger partial charge is 0.126 e. The quantitative estimate of drug-likeness (QED) is 0.734. The molecule has 1 rings (SSSR count). The second kappa shape index (κ2) is 7.28. The van der Waals surface area contributed by atoms with Crippen molar-refractivity contribution in [3.05, 3.63) is 29.6 Å². The first-order valence-electron chi connectivity index (χ1n) is 6.33. The van der Waals surface area contributed by atoms with Gasteiger partial charge in [0.05, 0.1) is 6.61 Å². The summed E-state index contributed by atoms with van der Waals surface area (Å²) >= 11 is 0. The van der Waals surface area contributed by atoms with E-state index in [1.807, 2.05) is 6.92 Å². The fourth-order valence-corrected chi connectivity index (χ4v) is 1.72. The SMILES string of the molecule is CCCCCCOc1cc(F)ccc1[C@H](C)N. The van der Waals surface area contributed by atoms with E-state index in [1.54, 1.807) is 6.07 Å². The molecular weight excluding hydrogens is 217 g/mol. The summed E-state index contributed by atoms with van der Waals surface area (Å²) in [5, 5.41) is 0. The van der Waals surface area contributed by atoms with Crippen LogP contribution in [0.2, 0.25) is 0 Å². The highest BCUT2D eigenvalue weighted by molar-refractivity contribution is 5.36. The third kappa shape index (κ3) is 4.73. The Kier molecular flexibility index (Phi) is 5.98. The standard InChI is InChI=1S/C14H22FNO/c1-3-4-5-6-9-17-14-10-12(15)7-8-13(14)11(2)16/h7-8,10-11H,3-6,9,16H2,1-2H3/t11-/m0/s1. The third-order valence-corrected chi connectivity index (χ3v) is 2.72. The Balaban J connectivity index is 2.53. The summed E-state index contributed by atoms with van der Waals surface area (Å²) in [5.74, 6) is 0.300. The second-order valence-corrected chi connectivity index (χ2v) is 4.38. The molecule has 0 unspecified atom stereocenters. The van der Waals surface area contributed by atoms with Crippen molar-refractivity contribution in [2.75, 3.05) is 6.61 Å². The number of rotatable bonds is 7. The van der Waals surface area contributed by atoms with Gasteiger partial charge in [-0.25, -0.2) is 4.39 Å². The Bertz CT molecular complexity index is 339. The molecule has 0 saturated heterocycles. The summed E-state index contributed by atoms with van der Waals surface area (Å²) in [6, 6.07) is 4.39. The molecule has 0 aliphatic heterocycles. The minimum atomic E-state index is -0.280. The van der Waals surface area contributed by atoms with Crippen molar-refractivity contribution >= 4 is 0 Å². The maximum absolute atomic E-state index is 13.1. The van der Waals surface area contributed by atoms with Crippen LogP contribution in [0.1, 0.15) is 51.1 Å². The van der Waals surface area contributed by atoms with Crippen molar-refractivity contribution in [1.29, 1.82) is 0 Å². The Morgan fingerprint density at radius 2 is 2.06 bits per heavy atom. The van der Waals surface area contributed by atoms with Crippen molar-refractivity contribution in [2.24, 2.45) is 5.73 Å². The molecule has 1 atom stereocenters. The van der Waals surface area contributed by atoms with Crippen LogP contribution in [0.15, 0.2) is 18.2 Å². The lowest BCUT2D eigenvalue weighted by Gasteiger charge is -2.14. The van der Waals surface area contributed by atoms with E-state index in [-0.39, 0.29) is 11.9 Å². The number of unbranched alkanes of at least 4 members (excludes halogenated alkanes) is 3. The van der Waals surface area contributed by atoms with E-state index in [0.717, 1.165) is 18.4 Å². The zero-order valence-corrected chi connectivity index (χ0v) is 10.7. The minimum Gasteiger partial charge on any atom is -0.493 e. The van der Waals surface area contributed by atoms with Gasteiger partial charge in [0.2, 0.25) is 0 Å². The van der Waals surface area contributed by atoms with E-state index in [4.69, 9.17) is 10.5 Å². The lowest BCUT2D eigenvalue weighted by molar-refractivity contribution is 0.299. The van der Waals surface area contributed by atoms with Crippen LogP contribution in [0.4, 0.5) is 4.39 Å². The van der Waals surface area contributed by atoms with Gasteiger partial charge in [-0.2, -0.15) is 0 Å². The van der Waals surface area contributed by atoms with E-state index < -0.39 is 0 Å². The van der Waals surface area contributed by atoms with Gasteiger partial charge in [0.15, 0.2) is 0 Å². The molecule has 2 N–H and O–H groups in total. The van der Waals surface area contributed by atoms with E-state index in [0.29, 0.717) is 12.4 Å². The van der Waals surface area contributed by atoms with E-state index >= 15 is 0 Å². The molecule has 0 radical (unpaired) electrons. The van der Waals surface area contributed by atoms with E-state index in [9.17, 15) is 4.39 Å². The Hall–Kier alpha value is -1.09. The third-order valence-electron chi connectivity index (χ3n) is 2.72. The summed E-state index contributed by atoms with van der Waals surface area (Å²) in [6.45, 7) is 4.67. The minimum absolute atomic E-state index is 0.138. The van der Waals surface area contributed by atoms with E-state index in [2.05, 4.69) is 6.92 Å². The maximum atomic E-state index is 13.1. The Labute approximate surface area is 103 Å². The van der Waals surface area contributed by atoms with Crippen LogP contribution in [0, 0.1) is 5.82 Å². The van der Waals surface area contributed by atoms with Gasteiger partial charge in [-0.3, -0.25) is 0 Å². The highest BCUT2D eigenvalue weighted by Gasteiger charge is 2.09. The molecule has 0 spiro atoms. The van der Waals surface area contributed by atoms with Crippen LogP contribution < -0.4 is 10.5 Å². The topological polar surface area (TPSA) is 35.2 Å². The van der Waals surface area contributed by atoms with Gasteiger partial charge in [0, 0.05) is 17.7 Å². The van der Waals surface area contributed by atoms with Gasteiger partial charge in [-0.15, -0.1) is 0 Å². The predicted molar refractivity (Wildman–Crippen MR) is 68.6 cm³/mol. The molecule has 0 amide bonds.